The summed E-state index contributed by atoms with van der Waals surface area (Å²) in [4.78, 5) is 3.74. The highest BCUT2D eigenvalue weighted by atomic mass is 32.2. The zero-order valence-electron chi connectivity index (χ0n) is 11.0. The molecule has 0 bridgehead atoms. The average molecular weight is 300 g/mol. The third-order valence-corrected chi connectivity index (χ3v) is 3.93. The summed E-state index contributed by atoms with van der Waals surface area (Å²) >= 11 is 0. The number of nitrogens with zero attached hydrogens (tertiary/aromatic N) is 3. The van der Waals surface area contributed by atoms with Gasteiger partial charge in [-0.1, -0.05) is 12.1 Å². The highest BCUT2D eigenvalue weighted by Crippen LogP contribution is 2.11. The van der Waals surface area contributed by atoms with E-state index in [-0.39, 0.29) is 17.4 Å². The lowest BCUT2D eigenvalue weighted by atomic mass is 10.3. The Kier molecular flexibility index (Phi) is 4.82. The third kappa shape index (κ3) is 3.62. The van der Waals surface area contributed by atoms with Gasteiger partial charge in [0, 0.05) is 12.1 Å². The van der Waals surface area contributed by atoms with Crippen molar-refractivity contribution in [1.29, 1.82) is 0 Å². The fourth-order valence-electron chi connectivity index (χ4n) is 1.56. The largest absolute Gasteiger partial charge is 0.343 e. The second kappa shape index (κ2) is 6.59. The van der Waals surface area contributed by atoms with Crippen LogP contribution in [0.25, 0.3) is 0 Å². The van der Waals surface area contributed by atoms with E-state index in [9.17, 15) is 8.42 Å². The zero-order chi connectivity index (χ0) is 14.4. The molecule has 0 spiro atoms. The molecule has 0 saturated carbocycles. The summed E-state index contributed by atoms with van der Waals surface area (Å²) in [5.74, 6) is 0.263. The molecule has 2 aromatic rings. The SMILES string of the molecule is CCCNCc1cn[nH]c1S(=O)(=O)NCc1ncon1. The van der Waals surface area contributed by atoms with E-state index >= 15 is 0 Å². The van der Waals surface area contributed by atoms with E-state index in [4.69, 9.17) is 0 Å². The summed E-state index contributed by atoms with van der Waals surface area (Å²) < 4.78 is 31.2. The average Bonchev–Trinajstić information content (AvgIpc) is 3.08. The topological polar surface area (TPSA) is 126 Å². The summed E-state index contributed by atoms with van der Waals surface area (Å²) in [7, 11) is -3.69. The molecular weight excluding hydrogens is 284 g/mol. The van der Waals surface area contributed by atoms with Gasteiger partial charge in [0.1, 0.15) is 0 Å². The Labute approximate surface area is 116 Å². The normalized spacial score (nSPS) is 11.8. The predicted molar refractivity (Wildman–Crippen MR) is 68.9 cm³/mol. The third-order valence-electron chi connectivity index (χ3n) is 2.52. The van der Waals surface area contributed by atoms with Gasteiger partial charge in [0.2, 0.25) is 6.39 Å². The Morgan fingerprint density at radius 2 is 2.25 bits per heavy atom. The predicted octanol–water partition coefficient (Wildman–Crippen LogP) is -0.229. The van der Waals surface area contributed by atoms with Crippen molar-refractivity contribution in [2.24, 2.45) is 0 Å². The maximum Gasteiger partial charge on any atom is 0.258 e. The molecule has 2 aromatic heterocycles. The number of nitrogens with one attached hydrogen (secondary N) is 3. The van der Waals surface area contributed by atoms with Crippen molar-refractivity contribution in [2.75, 3.05) is 6.54 Å². The van der Waals surface area contributed by atoms with Gasteiger partial charge in [0.15, 0.2) is 10.9 Å². The lowest BCUT2D eigenvalue weighted by Gasteiger charge is -2.06. The first-order chi connectivity index (χ1) is 9.63. The van der Waals surface area contributed by atoms with E-state index in [1.54, 1.807) is 0 Å². The summed E-state index contributed by atoms with van der Waals surface area (Å²) in [5, 5.41) is 13.0. The lowest BCUT2D eigenvalue weighted by Crippen LogP contribution is -2.26. The van der Waals surface area contributed by atoms with Crippen LogP contribution in [0.5, 0.6) is 0 Å². The lowest BCUT2D eigenvalue weighted by molar-refractivity contribution is 0.409. The van der Waals surface area contributed by atoms with E-state index in [1.807, 2.05) is 6.92 Å². The summed E-state index contributed by atoms with van der Waals surface area (Å²) in [6.45, 7) is 3.23. The molecule has 0 radical (unpaired) electrons. The molecular formula is C10H16N6O3S. The van der Waals surface area contributed by atoms with Crippen molar-refractivity contribution < 1.29 is 12.9 Å². The van der Waals surface area contributed by atoms with Crippen LogP contribution >= 0.6 is 0 Å². The molecule has 2 rings (SSSR count). The number of aromatic nitrogens is 4. The van der Waals surface area contributed by atoms with E-state index in [1.165, 1.54) is 6.20 Å². The van der Waals surface area contributed by atoms with Crippen LogP contribution in [0.2, 0.25) is 0 Å². The van der Waals surface area contributed by atoms with E-state index in [0.717, 1.165) is 19.4 Å². The van der Waals surface area contributed by atoms with Crippen LogP contribution in [0, 0.1) is 0 Å². The Morgan fingerprint density at radius 1 is 1.40 bits per heavy atom. The van der Waals surface area contributed by atoms with Gasteiger partial charge in [-0.2, -0.15) is 10.1 Å². The Hall–Kier alpha value is -1.78. The number of hydrogen-bond acceptors (Lipinski definition) is 7. The number of hydrogen-bond donors (Lipinski definition) is 3. The molecule has 10 heteroatoms. The van der Waals surface area contributed by atoms with Crippen molar-refractivity contribution in [3.8, 4) is 0 Å². The van der Waals surface area contributed by atoms with Crippen molar-refractivity contribution >= 4 is 10.0 Å². The van der Waals surface area contributed by atoms with Gasteiger partial charge in [-0.3, -0.25) is 5.10 Å². The molecule has 0 saturated heterocycles. The Balaban J connectivity index is 2.03. The van der Waals surface area contributed by atoms with E-state index < -0.39 is 10.0 Å². The zero-order valence-corrected chi connectivity index (χ0v) is 11.8. The van der Waals surface area contributed by atoms with Crippen LogP contribution < -0.4 is 10.0 Å². The summed E-state index contributed by atoms with van der Waals surface area (Å²) in [5.41, 5.74) is 0.582. The molecule has 0 aliphatic carbocycles. The minimum absolute atomic E-state index is 0.0420. The second-order valence-electron chi connectivity index (χ2n) is 4.07. The number of H-pyrrole nitrogens is 1. The number of sulfonamides is 1. The molecule has 0 unspecified atom stereocenters. The van der Waals surface area contributed by atoms with Crippen LogP contribution in [0.1, 0.15) is 24.7 Å². The van der Waals surface area contributed by atoms with Crippen LogP contribution in [0.4, 0.5) is 0 Å². The van der Waals surface area contributed by atoms with Crippen LogP contribution in [-0.4, -0.2) is 35.3 Å². The van der Waals surface area contributed by atoms with Gasteiger partial charge in [-0.25, -0.2) is 13.1 Å². The maximum atomic E-state index is 12.1. The van der Waals surface area contributed by atoms with Gasteiger partial charge in [-0.15, -0.1) is 0 Å². The first kappa shape index (κ1) is 14.6. The summed E-state index contributed by atoms with van der Waals surface area (Å²) in [6.07, 6.45) is 3.60. The Bertz CT molecular complexity index is 621. The first-order valence-corrected chi connectivity index (χ1v) is 7.59. The minimum Gasteiger partial charge on any atom is -0.343 e. The van der Waals surface area contributed by atoms with E-state index in [0.29, 0.717) is 12.1 Å². The molecule has 0 amide bonds. The van der Waals surface area contributed by atoms with E-state index in [2.05, 4.69) is 34.9 Å². The number of rotatable bonds is 8. The van der Waals surface area contributed by atoms with Crippen molar-refractivity contribution in [2.45, 2.75) is 31.5 Å². The molecule has 0 atom stereocenters. The fraction of sp³-hybridized carbons (Fsp3) is 0.500. The number of aromatic amines is 1. The highest BCUT2D eigenvalue weighted by Gasteiger charge is 2.20. The highest BCUT2D eigenvalue weighted by molar-refractivity contribution is 7.89. The molecule has 2 heterocycles. The second-order valence-corrected chi connectivity index (χ2v) is 5.78. The maximum absolute atomic E-state index is 12.1. The fourth-order valence-corrected chi connectivity index (χ4v) is 2.67. The molecule has 0 aliphatic rings. The van der Waals surface area contributed by atoms with Gasteiger partial charge < -0.3 is 9.84 Å². The molecule has 0 aromatic carbocycles. The van der Waals surface area contributed by atoms with Crippen LogP contribution in [-0.2, 0) is 23.1 Å². The van der Waals surface area contributed by atoms with Crippen LogP contribution in [0.15, 0.2) is 22.1 Å². The smallest absolute Gasteiger partial charge is 0.258 e. The molecule has 0 aliphatic heterocycles. The molecule has 20 heavy (non-hydrogen) atoms. The van der Waals surface area contributed by atoms with Crippen molar-refractivity contribution in [1.82, 2.24) is 30.4 Å². The molecule has 110 valence electrons. The van der Waals surface area contributed by atoms with Gasteiger partial charge in [0.25, 0.3) is 10.0 Å². The van der Waals surface area contributed by atoms with Gasteiger partial charge in [-0.05, 0) is 13.0 Å². The molecule has 9 nitrogen and oxygen atoms in total. The molecule has 0 fully saturated rings. The van der Waals surface area contributed by atoms with Gasteiger partial charge >= 0.3 is 0 Å². The van der Waals surface area contributed by atoms with Crippen molar-refractivity contribution in [3.05, 3.63) is 24.0 Å². The Morgan fingerprint density at radius 3 is 2.95 bits per heavy atom. The van der Waals surface area contributed by atoms with Gasteiger partial charge in [0.05, 0.1) is 12.7 Å². The summed E-state index contributed by atoms with van der Waals surface area (Å²) in [6, 6.07) is 0. The first-order valence-electron chi connectivity index (χ1n) is 6.11. The quantitative estimate of drug-likeness (QED) is 0.575. The molecule has 3 N–H and O–H groups in total. The minimum atomic E-state index is -3.69. The monoisotopic (exact) mass is 300 g/mol. The van der Waals surface area contributed by atoms with Crippen molar-refractivity contribution in [3.63, 3.8) is 0 Å². The standard InChI is InChI=1S/C10H16N6O3S/c1-2-3-11-4-8-5-13-15-10(8)20(17,18)14-6-9-12-7-19-16-9/h5,7,11,14H,2-4,6H2,1H3,(H,13,15). The van der Waals surface area contributed by atoms with Crippen LogP contribution in [0.3, 0.4) is 0 Å².